The second kappa shape index (κ2) is 5.04. The largest absolute Gasteiger partial charge is 0.398 e. The zero-order valence-electron chi connectivity index (χ0n) is 9.12. The third-order valence-corrected chi connectivity index (χ3v) is 3.31. The third kappa shape index (κ3) is 2.67. The molecule has 0 radical (unpaired) electrons. The van der Waals surface area contributed by atoms with Crippen LogP contribution in [-0.2, 0) is 0 Å². The maximum Gasteiger partial charge on any atom is 0.0824 e. The molecule has 2 unspecified atom stereocenters. The molecule has 0 amide bonds. The number of nitrogen functional groups attached to an aromatic ring is 1. The summed E-state index contributed by atoms with van der Waals surface area (Å²) < 4.78 is 0. The van der Waals surface area contributed by atoms with Crippen LogP contribution in [-0.4, -0.2) is 17.7 Å². The molecule has 0 aromatic heterocycles. The van der Waals surface area contributed by atoms with Gasteiger partial charge in [-0.3, -0.25) is 0 Å². The number of aliphatic hydroxyl groups excluding tert-OH is 1. The molecule has 1 saturated heterocycles. The molecule has 1 aromatic rings. The van der Waals surface area contributed by atoms with Gasteiger partial charge >= 0.3 is 0 Å². The number of aliphatic hydroxyl groups is 1. The van der Waals surface area contributed by atoms with Crippen LogP contribution < -0.4 is 11.1 Å². The SMILES string of the molecule is Nc1cc(Cl)ccc1C(O)CC1CCCN1. The van der Waals surface area contributed by atoms with Gasteiger partial charge in [-0.25, -0.2) is 0 Å². The van der Waals surface area contributed by atoms with Gasteiger partial charge in [0.05, 0.1) is 6.10 Å². The molecule has 1 aliphatic heterocycles. The van der Waals surface area contributed by atoms with Gasteiger partial charge in [-0.15, -0.1) is 0 Å². The molecule has 1 heterocycles. The number of benzene rings is 1. The summed E-state index contributed by atoms with van der Waals surface area (Å²) in [5.41, 5.74) is 7.18. The Bertz CT molecular complexity index is 364. The van der Waals surface area contributed by atoms with E-state index in [9.17, 15) is 5.11 Å². The van der Waals surface area contributed by atoms with E-state index < -0.39 is 6.10 Å². The van der Waals surface area contributed by atoms with Crippen molar-refractivity contribution in [1.82, 2.24) is 5.32 Å². The number of halogens is 1. The summed E-state index contributed by atoms with van der Waals surface area (Å²) in [5, 5.41) is 14.1. The maximum atomic E-state index is 10.1. The number of rotatable bonds is 3. The van der Waals surface area contributed by atoms with Crippen molar-refractivity contribution in [1.29, 1.82) is 0 Å². The fourth-order valence-electron chi connectivity index (χ4n) is 2.20. The van der Waals surface area contributed by atoms with Gasteiger partial charge in [0.25, 0.3) is 0 Å². The molecule has 2 rings (SSSR count). The van der Waals surface area contributed by atoms with E-state index in [1.807, 2.05) is 0 Å². The first-order chi connectivity index (χ1) is 7.66. The highest BCUT2D eigenvalue weighted by Gasteiger charge is 2.20. The summed E-state index contributed by atoms with van der Waals surface area (Å²) in [4.78, 5) is 0. The van der Waals surface area contributed by atoms with E-state index in [2.05, 4.69) is 5.32 Å². The molecule has 4 N–H and O–H groups in total. The van der Waals surface area contributed by atoms with Gasteiger partial charge in [-0.1, -0.05) is 17.7 Å². The average Bonchev–Trinajstić information content (AvgIpc) is 2.70. The summed E-state index contributed by atoms with van der Waals surface area (Å²) >= 11 is 5.82. The van der Waals surface area contributed by atoms with Gasteiger partial charge in [-0.05, 0) is 37.9 Å². The molecule has 0 spiro atoms. The minimum Gasteiger partial charge on any atom is -0.398 e. The van der Waals surface area contributed by atoms with Gasteiger partial charge in [0.15, 0.2) is 0 Å². The fourth-order valence-corrected chi connectivity index (χ4v) is 2.38. The van der Waals surface area contributed by atoms with Crippen LogP contribution in [0.25, 0.3) is 0 Å². The summed E-state index contributed by atoms with van der Waals surface area (Å²) in [6.45, 7) is 1.05. The Morgan fingerprint density at radius 3 is 3.00 bits per heavy atom. The first-order valence-electron chi connectivity index (χ1n) is 5.63. The first-order valence-corrected chi connectivity index (χ1v) is 6.01. The van der Waals surface area contributed by atoms with Crippen molar-refractivity contribution < 1.29 is 5.11 Å². The minimum absolute atomic E-state index is 0.407. The molecule has 1 fully saturated rings. The topological polar surface area (TPSA) is 58.3 Å². The van der Waals surface area contributed by atoms with Gasteiger partial charge in [0, 0.05) is 22.3 Å². The van der Waals surface area contributed by atoms with Crippen LogP contribution in [0.4, 0.5) is 5.69 Å². The van der Waals surface area contributed by atoms with Crippen LogP contribution in [0, 0.1) is 0 Å². The zero-order chi connectivity index (χ0) is 11.5. The highest BCUT2D eigenvalue weighted by atomic mass is 35.5. The maximum absolute atomic E-state index is 10.1. The molecular formula is C12H17ClN2O. The average molecular weight is 241 g/mol. The van der Waals surface area contributed by atoms with Crippen molar-refractivity contribution in [2.24, 2.45) is 0 Å². The normalized spacial score (nSPS) is 22.2. The second-order valence-electron chi connectivity index (χ2n) is 4.32. The van der Waals surface area contributed by atoms with Crippen LogP contribution in [0.2, 0.25) is 5.02 Å². The van der Waals surface area contributed by atoms with E-state index in [1.165, 1.54) is 6.42 Å². The van der Waals surface area contributed by atoms with Crippen molar-refractivity contribution in [3.05, 3.63) is 28.8 Å². The van der Waals surface area contributed by atoms with Gasteiger partial charge in [-0.2, -0.15) is 0 Å². The van der Waals surface area contributed by atoms with Gasteiger partial charge in [0.1, 0.15) is 0 Å². The zero-order valence-corrected chi connectivity index (χ0v) is 9.87. The molecule has 2 atom stereocenters. The quantitative estimate of drug-likeness (QED) is 0.710. The lowest BCUT2D eigenvalue weighted by Crippen LogP contribution is -2.24. The Hall–Kier alpha value is -0.770. The molecular weight excluding hydrogens is 224 g/mol. The molecule has 88 valence electrons. The molecule has 16 heavy (non-hydrogen) atoms. The Labute approximate surface area is 101 Å². The minimum atomic E-state index is -0.507. The Morgan fingerprint density at radius 1 is 1.56 bits per heavy atom. The molecule has 0 saturated carbocycles. The predicted octanol–water partition coefficient (Wildman–Crippen LogP) is 2.10. The van der Waals surface area contributed by atoms with E-state index in [-0.39, 0.29) is 0 Å². The highest BCUT2D eigenvalue weighted by Crippen LogP contribution is 2.28. The molecule has 3 nitrogen and oxygen atoms in total. The van der Waals surface area contributed by atoms with Crippen molar-refractivity contribution in [2.75, 3.05) is 12.3 Å². The summed E-state index contributed by atoms with van der Waals surface area (Å²) in [5.74, 6) is 0. The summed E-state index contributed by atoms with van der Waals surface area (Å²) in [6.07, 6.45) is 2.53. The van der Waals surface area contributed by atoms with Crippen molar-refractivity contribution in [3.63, 3.8) is 0 Å². The number of anilines is 1. The van der Waals surface area contributed by atoms with Gasteiger partial charge < -0.3 is 16.2 Å². The van der Waals surface area contributed by atoms with Crippen LogP contribution in [0.3, 0.4) is 0 Å². The standard InChI is InChI=1S/C12H17ClN2O/c13-8-3-4-10(11(14)6-8)12(16)7-9-2-1-5-15-9/h3-4,6,9,12,15-16H,1-2,5,7,14H2. The number of nitrogens with one attached hydrogen (secondary N) is 1. The van der Waals surface area contributed by atoms with Gasteiger partial charge in [0.2, 0.25) is 0 Å². The van der Waals surface area contributed by atoms with Crippen molar-refractivity contribution in [3.8, 4) is 0 Å². The lowest BCUT2D eigenvalue weighted by molar-refractivity contribution is 0.155. The second-order valence-corrected chi connectivity index (χ2v) is 4.75. The van der Waals surface area contributed by atoms with Crippen LogP contribution in [0.1, 0.15) is 30.9 Å². The molecule has 0 bridgehead atoms. The highest BCUT2D eigenvalue weighted by molar-refractivity contribution is 6.30. The molecule has 4 heteroatoms. The summed E-state index contributed by atoms with van der Waals surface area (Å²) in [6, 6.07) is 5.66. The van der Waals surface area contributed by atoms with E-state index in [4.69, 9.17) is 17.3 Å². The monoisotopic (exact) mass is 240 g/mol. The van der Waals surface area contributed by atoms with E-state index in [0.717, 1.165) is 18.5 Å². The van der Waals surface area contributed by atoms with Crippen LogP contribution in [0.5, 0.6) is 0 Å². The van der Waals surface area contributed by atoms with E-state index in [0.29, 0.717) is 23.2 Å². The first kappa shape index (κ1) is 11.7. The Morgan fingerprint density at radius 2 is 2.38 bits per heavy atom. The lowest BCUT2D eigenvalue weighted by Gasteiger charge is -2.17. The molecule has 1 aromatic carbocycles. The van der Waals surface area contributed by atoms with E-state index >= 15 is 0 Å². The molecule has 1 aliphatic rings. The Balaban J connectivity index is 2.04. The van der Waals surface area contributed by atoms with Crippen molar-refractivity contribution in [2.45, 2.75) is 31.4 Å². The number of hydrogen-bond donors (Lipinski definition) is 3. The van der Waals surface area contributed by atoms with Crippen LogP contribution in [0.15, 0.2) is 18.2 Å². The molecule has 0 aliphatic carbocycles. The third-order valence-electron chi connectivity index (χ3n) is 3.08. The van der Waals surface area contributed by atoms with Crippen molar-refractivity contribution >= 4 is 17.3 Å². The van der Waals surface area contributed by atoms with E-state index in [1.54, 1.807) is 18.2 Å². The fraction of sp³-hybridized carbons (Fsp3) is 0.500. The number of nitrogens with two attached hydrogens (primary N) is 1. The lowest BCUT2D eigenvalue weighted by atomic mass is 10.00. The summed E-state index contributed by atoms with van der Waals surface area (Å²) in [7, 11) is 0. The predicted molar refractivity (Wildman–Crippen MR) is 66.5 cm³/mol. The number of hydrogen-bond acceptors (Lipinski definition) is 3. The smallest absolute Gasteiger partial charge is 0.0824 e. The Kier molecular flexibility index (Phi) is 3.69. The van der Waals surface area contributed by atoms with Crippen LogP contribution >= 0.6 is 11.6 Å².